The van der Waals surface area contributed by atoms with Crippen molar-refractivity contribution in [2.24, 2.45) is 0 Å². The minimum Gasteiger partial charge on any atom is -0.444 e. The first-order valence-corrected chi connectivity index (χ1v) is 17.0. The number of anilines is 1. The molecule has 4 aromatic rings. The van der Waals surface area contributed by atoms with Gasteiger partial charge in [0.2, 0.25) is 5.91 Å². The maximum atomic E-state index is 13.4. The molecule has 0 fully saturated rings. The average Bonchev–Trinajstić information content (AvgIpc) is 3.68. The molecule has 0 atom stereocenters. The highest BCUT2D eigenvalue weighted by molar-refractivity contribution is 7.23. The van der Waals surface area contributed by atoms with Crippen LogP contribution < -0.4 is 5.32 Å². The van der Waals surface area contributed by atoms with E-state index in [2.05, 4.69) is 10.3 Å². The minimum absolute atomic E-state index is 0.0948. The van der Waals surface area contributed by atoms with E-state index in [1.54, 1.807) is 33.7 Å². The maximum absolute atomic E-state index is 13.4. The average molecular weight is 667 g/mol. The Labute approximate surface area is 277 Å². The summed E-state index contributed by atoms with van der Waals surface area (Å²) in [4.78, 5) is 52.6. The normalized spacial score (nSPS) is 13.5. The summed E-state index contributed by atoms with van der Waals surface area (Å²) in [7, 11) is 0. The van der Waals surface area contributed by atoms with Crippen LogP contribution in [0, 0.1) is 0 Å². The SMILES string of the molecule is CC(C)N(CCC(=O)Nc1sc2c(c1-c1nc3cc(-n4ccnc4)ccc3s1)CCN(C(=O)OC(C)(C)C)C2)C(=O)OC(C)(C)C. The van der Waals surface area contributed by atoms with E-state index in [1.807, 2.05) is 84.4 Å². The molecular weight excluding hydrogens is 625 g/mol. The van der Waals surface area contributed by atoms with Gasteiger partial charge in [0.15, 0.2) is 0 Å². The van der Waals surface area contributed by atoms with Crippen LogP contribution in [0.15, 0.2) is 36.9 Å². The van der Waals surface area contributed by atoms with Gasteiger partial charge in [-0.1, -0.05) is 0 Å². The molecule has 46 heavy (non-hydrogen) atoms. The van der Waals surface area contributed by atoms with Crippen molar-refractivity contribution in [3.05, 3.63) is 47.4 Å². The summed E-state index contributed by atoms with van der Waals surface area (Å²) in [6, 6.07) is 5.96. The number of thiazole rings is 1. The lowest BCUT2D eigenvalue weighted by Gasteiger charge is -2.30. The number of nitrogens with zero attached hydrogens (tertiary/aromatic N) is 5. The van der Waals surface area contributed by atoms with Crippen molar-refractivity contribution in [1.82, 2.24) is 24.3 Å². The summed E-state index contributed by atoms with van der Waals surface area (Å²) in [5, 5.41) is 4.61. The molecule has 3 aromatic heterocycles. The first kappa shape index (κ1) is 33.4. The molecule has 4 heterocycles. The number of thiophene rings is 1. The van der Waals surface area contributed by atoms with Gasteiger partial charge in [0.25, 0.3) is 0 Å². The second kappa shape index (κ2) is 13.0. The van der Waals surface area contributed by atoms with Crippen LogP contribution in [0.1, 0.15) is 72.3 Å². The number of aromatic nitrogens is 3. The third kappa shape index (κ3) is 7.87. The first-order valence-electron chi connectivity index (χ1n) is 15.4. The van der Waals surface area contributed by atoms with E-state index >= 15 is 0 Å². The molecular formula is C33H42N6O5S2. The molecule has 0 radical (unpaired) electrons. The lowest BCUT2D eigenvalue weighted by atomic mass is 10.0. The molecule has 11 nitrogen and oxygen atoms in total. The molecule has 1 aromatic carbocycles. The molecule has 5 rings (SSSR count). The number of carbonyl (C=O) groups excluding carboxylic acids is 3. The highest BCUT2D eigenvalue weighted by Gasteiger charge is 2.32. The molecule has 246 valence electrons. The molecule has 1 aliphatic rings. The van der Waals surface area contributed by atoms with Gasteiger partial charge in [0, 0.05) is 54.1 Å². The second-order valence-electron chi connectivity index (χ2n) is 13.6. The van der Waals surface area contributed by atoms with Crippen molar-refractivity contribution in [3.63, 3.8) is 0 Å². The first-order chi connectivity index (χ1) is 21.6. The van der Waals surface area contributed by atoms with E-state index in [9.17, 15) is 14.4 Å². The van der Waals surface area contributed by atoms with Crippen LogP contribution in [0.25, 0.3) is 26.5 Å². The lowest BCUT2D eigenvalue weighted by Crippen LogP contribution is -2.42. The summed E-state index contributed by atoms with van der Waals surface area (Å²) in [5.41, 5.74) is 2.52. The zero-order valence-corrected chi connectivity index (χ0v) is 29.3. The van der Waals surface area contributed by atoms with Gasteiger partial charge >= 0.3 is 12.2 Å². The van der Waals surface area contributed by atoms with E-state index in [0.717, 1.165) is 36.9 Å². The fraction of sp³-hybridized carbons (Fsp3) is 0.485. The Bertz CT molecular complexity index is 1730. The van der Waals surface area contributed by atoms with Gasteiger partial charge in [0.1, 0.15) is 21.2 Å². The Hall–Kier alpha value is -3.97. The third-order valence-corrected chi connectivity index (χ3v) is 9.37. The summed E-state index contributed by atoms with van der Waals surface area (Å²) in [6.07, 6.45) is 5.26. The van der Waals surface area contributed by atoms with Crippen molar-refractivity contribution in [2.45, 2.75) is 92.0 Å². The minimum atomic E-state index is -0.638. The number of imidazole rings is 1. The van der Waals surface area contributed by atoms with Crippen molar-refractivity contribution in [3.8, 4) is 16.3 Å². The molecule has 0 bridgehead atoms. The van der Waals surface area contributed by atoms with E-state index in [1.165, 1.54) is 11.3 Å². The number of fused-ring (bicyclic) bond motifs is 2. The molecule has 13 heteroatoms. The van der Waals surface area contributed by atoms with E-state index < -0.39 is 17.3 Å². The van der Waals surface area contributed by atoms with E-state index in [0.29, 0.717) is 24.5 Å². The molecule has 0 spiro atoms. The molecule has 0 saturated heterocycles. The van der Waals surface area contributed by atoms with Crippen LogP contribution in [0.5, 0.6) is 0 Å². The zero-order valence-electron chi connectivity index (χ0n) is 27.7. The van der Waals surface area contributed by atoms with Gasteiger partial charge in [-0.25, -0.2) is 19.6 Å². The highest BCUT2D eigenvalue weighted by Crippen LogP contribution is 2.46. The Morgan fingerprint density at radius 2 is 1.80 bits per heavy atom. The fourth-order valence-corrected chi connectivity index (χ4v) is 7.46. The largest absolute Gasteiger partial charge is 0.444 e. The monoisotopic (exact) mass is 666 g/mol. The van der Waals surface area contributed by atoms with Gasteiger partial charge in [-0.15, -0.1) is 22.7 Å². The lowest BCUT2D eigenvalue weighted by molar-refractivity contribution is -0.116. The van der Waals surface area contributed by atoms with Crippen LogP contribution in [-0.2, 0) is 27.2 Å². The molecule has 1 aliphatic heterocycles. The summed E-state index contributed by atoms with van der Waals surface area (Å²) >= 11 is 3.02. The Kier molecular flexibility index (Phi) is 9.46. The van der Waals surface area contributed by atoms with Gasteiger partial charge in [0.05, 0.1) is 23.1 Å². The number of carbonyl (C=O) groups is 3. The van der Waals surface area contributed by atoms with Crippen molar-refractivity contribution in [1.29, 1.82) is 0 Å². The molecule has 0 unspecified atom stereocenters. The third-order valence-electron chi connectivity index (χ3n) is 7.18. The summed E-state index contributed by atoms with van der Waals surface area (Å²) in [6.45, 7) is 15.9. The predicted octanol–water partition coefficient (Wildman–Crippen LogP) is 7.48. The fourth-order valence-electron chi connectivity index (χ4n) is 5.09. The number of amides is 3. The van der Waals surface area contributed by atoms with Crippen LogP contribution in [0.2, 0.25) is 0 Å². The maximum Gasteiger partial charge on any atom is 0.410 e. The van der Waals surface area contributed by atoms with E-state index in [4.69, 9.17) is 14.5 Å². The number of hydrogen-bond donors (Lipinski definition) is 1. The van der Waals surface area contributed by atoms with Crippen LogP contribution in [0.4, 0.5) is 14.6 Å². The predicted molar refractivity (Wildman–Crippen MR) is 182 cm³/mol. The highest BCUT2D eigenvalue weighted by atomic mass is 32.1. The molecule has 1 N–H and O–H groups in total. The number of nitrogens with one attached hydrogen (secondary N) is 1. The second-order valence-corrected chi connectivity index (χ2v) is 15.7. The van der Waals surface area contributed by atoms with Gasteiger partial charge < -0.3 is 29.2 Å². The van der Waals surface area contributed by atoms with Crippen LogP contribution in [-0.4, -0.2) is 72.8 Å². The molecule has 3 amide bonds. The Morgan fingerprint density at radius 3 is 2.46 bits per heavy atom. The standard InChI is InChI=1S/C33H42N6O5S2/c1-20(2)39(31(42)44-33(6,7)8)15-12-26(40)36-29-27(22-11-14-37(18-25(22)46-29)30(41)43-32(3,4)5)28-35-23-17-21(9-10-24(23)45-28)38-16-13-34-19-38/h9-10,13,16-17,19-20H,11-12,14-15,18H2,1-8H3,(H,36,40). The summed E-state index contributed by atoms with van der Waals surface area (Å²) < 4.78 is 14.2. The van der Waals surface area contributed by atoms with Gasteiger partial charge in [-0.05, 0) is 85.6 Å². The number of rotatable bonds is 7. The quantitative estimate of drug-likeness (QED) is 0.217. The van der Waals surface area contributed by atoms with E-state index in [-0.39, 0.29) is 31.0 Å². The number of benzene rings is 1. The molecule has 0 aliphatic carbocycles. The van der Waals surface area contributed by atoms with Gasteiger partial charge in [-0.3, -0.25) is 4.79 Å². The Balaban J connectivity index is 1.44. The molecule has 0 saturated carbocycles. The Morgan fingerprint density at radius 1 is 1.07 bits per heavy atom. The topological polar surface area (TPSA) is 119 Å². The number of ether oxygens (including phenoxy) is 2. The van der Waals surface area contributed by atoms with Crippen molar-refractivity contribution >= 4 is 56.0 Å². The van der Waals surface area contributed by atoms with Crippen molar-refractivity contribution < 1.29 is 23.9 Å². The zero-order chi connectivity index (χ0) is 33.4. The van der Waals surface area contributed by atoms with Crippen molar-refractivity contribution in [2.75, 3.05) is 18.4 Å². The van der Waals surface area contributed by atoms with Crippen LogP contribution in [0.3, 0.4) is 0 Å². The summed E-state index contributed by atoms with van der Waals surface area (Å²) in [5.74, 6) is -0.221. The smallest absolute Gasteiger partial charge is 0.410 e. The van der Waals surface area contributed by atoms with Crippen LogP contribution >= 0.6 is 22.7 Å². The van der Waals surface area contributed by atoms with Gasteiger partial charge in [-0.2, -0.15) is 0 Å². The number of hydrogen-bond acceptors (Lipinski definition) is 9.